The van der Waals surface area contributed by atoms with E-state index in [1.54, 1.807) is 11.0 Å². The Balaban J connectivity index is 1.95. The molecule has 1 saturated carbocycles. The van der Waals surface area contributed by atoms with Crippen molar-refractivity contribution in [2.75, 3.05) is 17.1 Å². The first kappa shape index (κ1) is 28.7. The second-order valence-electron chi connectivity index (χ2n) is 10.3. The van der Waals surface area contributed by atoms with E-state index in [1.165, 1.54) is 6.42 Å². The van der Waals surface area contributed by atoms with Gasteiger partial charge in [0.2, 0.25) is 21.8 Å². The molecule has 0 aliphatic heterocycles. The van der Waals surface area contributed by atoms with Crippen molar-refractivity contribution in [3.8, 4) is 0 Å². The van der Waals surface area contributed by atoms with E-state index >= 15 is 0 Å². The molecule has 0 aromatic heterocycles. The highest BCUT2D eigenvalue weighted by molar-refractivity contribution is 7.92. The van der Waals surface area contributed by atoms with Crippen LogP contribution in [0.5, 0.6) is 0 Å². The highest BCUT2D eigenvalue weighted by atomic mass is 32.2. The van der Waals surface area contributed by atoms with Crippen molar-refractivity contribution >= 4 is 27.5 Å². The summed E-state index contributed by atoms with van der Waals surface area (Å²) in [5, 5.41) is 3.17. The number of benzene rings is 2. The molecular formula is C29H41N3O4S. The Morgan fingerprint density at radius 3 is 2.30 bits per heavy atom. The monoisotopic (exact) mass is 527 g/mol. The summed E-state index contributed by atoms with van der Waals surface area (Å²) in [6.45, 7) is 7.43. The van der Waals surface area contributed by atoms with E-state index in [-0.39, 0.29) is 25.0 Å². The van der Waals surface area contributed by atoms with Crippen molar-refractivity contribution in [2.45, 2.75) is 84.8 Å². The van der Waals surface area contributed by atoms with Gasteiger partial charge in [0.25, 0.3) is 0 Å². The standard InChI is InChI=1S/C29H41N3O4S/c1-6-26(29(34)30-25-14-8-7-9-15-25)31(19-24-13-11-10-12-22(24)3)28(33)20-32(37(5,35)36)27-18-21(2)16-17-23(27)4/h10-13,16-18,25-26H,6-9,14-15,19-20H2,1-5H3,(H,30,34)/t26-/m1/s1. The molecule has 1 aliphatic rings. The van der Waals surface area contributed by atoms with Gasteiger partial charge < -0.3 is 10.2 Å². The molecule has 0 saturated heterocycles. The van der Waals surface area contributed by atoms with Gasteiger partial charge in [0.1, 0.15) is 12.6 Å². The molecule has 0 bridgehead atoms. The number of nitrogens with zero attached hydrogens (tertiary/aromatic N) is 2. The zero-order valence-electron chi connectivity index (χ0n) is 22.8. The number of nitrogens with one attached hydrogen (secondary N) is 1. The van der Waals surface area contributed by atoms with E-state index in [4.69, 9.17) is 0 Å². The van der Waals surface area contributed by atoms with Gasteiger partial charge in [0.05, 0.1) is 11.9 Å². The zero-order valence-corrected chi connectivity index (χ0v) is 23.6. The quantitative estimate of drug-likeness (QED) is 0.488. The van der Waals surface area contributed by atoms with Crippen LogP contribution in [0.15, 0.2) is 42.5 Å². The lowest BCUT2D eigenvalue weighted by atomic mass is 9.95. The molecule has 2 aromatic rings. The zero-order chi connectivity index (χ0) is 27.2. The van der Waals surface area contributed by atoms with Crippen LogP contribution in [0, 0.1) is 20.8 Å². The number of amides is 2. The first-order valence-corrected chi connectivity index (χ1v) is 15.1. The van der Waals surface area contributed by atoms with Gasteiger partial charge in [-0.15, -0.1) is 0 Å². The highest BCUT2D eigenvalue weighted by Crippen LogP contribution is 2.25. The third-order valence-corrected chi connectivity index (χ3v) is 8.38. The summed E-state index contributed by atoms with van der Waals surface area (Å²) < 4.78 is 26.9. The molecule has 0 spiro atoms. The maximum absolute atomic E-state index is 13.9. The third-order valence-electron chi connectivity index (χ3n) is 7.25. The second-order valence-corrected chi connectivity index (χ2v) is 12.2. The molecule has 8 heteroatoms. The van der Waals surface area contributed by atoms with Crippen LogP contribution in [-0.4, -0.2) is 50.0 Å². The minimum atomic E-state index is -3.76. The van der Waals surface area contributed by atoms with E-state index in [9.17, 15) is 18.0 Å². The van der Waals surface area contributed by atoms with Gasteiger partial charge in [-0.1, -0.05) is 62.6 Å². The van der Waals surface area contributed by atoms with Crippen molar-refractivity contribution in [1.82, 2.24) is 10.2 Å². The first-order chi connectivity index (χ1) is 17.5. The highest BCUT2D eigenvalue weighted by Gasteiger charge is 2.33. The Morgan fingerprint density at radius 2 is 1.68 bits per heavy atom. The predicted octanol–water partition coefficient (Wildman–Crippen LogP) is 4.63. The summed E-state index contributed by atoms with van der Waals surface area (Å²) in [6.07, 6.45) is 6.80. The molecule has 1 N–H and O–H groups in total. The van der Waals surface area contributed by atoms with E-state index in [0.29, 0.717) is 12.1 Å². The first-order valence-electron chi connectivity index (χ1n) is 13.2. The summed E-state index contributed by atoms with van der Waals surface area (Å²) in [4.78, 5) is 29.0. The third kappa shape index (κ3) is 7.57. The minimum absolute atomic E-state index is 0.119. The van der Waals surface area contributed by atoms with Crippen LogP contribution in [0.1, 0.15) is 67.7 Å². The summed E-state index contributed by atoms with van der Waals surface area (Å²) in [5.74, 6) is -0.575. The van der Waals surface area contributed by atoms with Crippen molar-refractivity contribution in [3.05, 3.63) is 64.7 Å². The lowest BCUT2D eigenvalue weighted by molar-refractivity contribution is -0.140. The van der Waals surface area contributed by atoms with Crippen molar-refractivity contribution in [3.63, 3.8) is 0 Å². The molecule has 37 heavy (non-hydrogen) atoms. The topological polar surface area (TPSA) is 86.8 Å². The molecule has 0 radical (unpaired) electrons. The van der Waals surface area contributed by atoms with Crippen LogP contribution in [0.3, 0.4) is 0 Å². The lowest BCUT2D eigenvalue weighted by Gasteiger charge is -2.34. The van der Waals surface area contributed by atoms with Crippen LogP contribution in [-0.2, 0) is 26.2 Å². The van der Waals surface area contributed by atoms with Gasteiger partial charge >= 0.3 is 0 Å². The van der Waals surface area contributed by atoms with E-state index in [0.717, 1.165) is 58.5 Å². The average molecular weight is 528 g/mol. The summed E-state index contributed by atoms with van der Waals surface area (Å²) in [7, 11) is -3.76. The summed E-state index contributed by atoms with van der Waals surface area (Å²) in [6, 6.07) is 12.7. The number of anilines is 1. The fourth-order valence-electron chi connectivity index (χ4n) is 5.02. The SMILES string of the molecule is CC[C@H](C(=O)NC1CCCCC1)N(Cc1ccccc1C)C(=O)CN(c1cc(C)ccc1C)S(C)(=O)=O. The van der Waals surface area contributed by atoms with E-state index < -0.39 is 22.0 Å². The molecule has 2 aromatic carbocycles. The Kier molecular flexibility index (Phi) is 9.76. The molecule has 2 amide bonds. The number of sulfonamides is 1. The maximum atomic E-state index is 13.9. The number of carbonyl (C=O) groups is 2. The molecule has 3 rings (SSSR count). The van der Waals surface area contributed by atoms with Crippen molar-refractivity contribution < 1.29 is 18.0 Å². The van der Waals surface area contributed by atoms with Crippen LogP contribution in [0.4, 0.5) is 5.69 Å². The van der Waals surface area contributed by atoms with Gasteiger partial charge in [-0.3, -0.25) is 13.9 Å². The molecule has 202 valence electrons. The second kappa shape index (κ2) is 12.6. The van der Waals surface area contributed by atoms with Crippen LogP contribution in [0.25, 0.3) is 0 Å². The van der Waals surface area contributed by atoms with Crippen LogP contribution < -0.4 is 9.62 Å². The predicted molar refractivity (Wildman–Crippen MR) is 149 cm³/mol. The van der Waals surface area contributed by atoms with Gasteiger partial charge in [-0.25, -0.2) is 8.42 Å². The molecule has 0 heterocycles. The fourth-order valence-corrected chi connectivity index (χ4v) is 5.92. The normalized spacial score (nSPS) is 15.2. The van der Waals surface area contributed by atoms with Gasteiger partial charge in [-0.2, -0.15) is 0 Å². The minimum Gasteiger partial charge on any atom is -0.352 e. The molecule has 1 aliphatic carbocycles. The van der Waals surface area contributed by atoms with Gasteiger partial charge in [-0.05, 0) is 68.4 Å². The summed E-state index contributed by atoms with van der Waals surface area (Å²) >= 11 is 0. The van der Waals surface area contributed by atoms with Crippen LogP contribution in [0.2, 0.25) is 0 Å². The van der Waals surface area contributed by atoms with Gasteiger partial charge in [0, 0.05) is 12.6 Å². The number of hydrogen-bond acceptors (Lipinski definition) is 4. The van der Waals surface area contributed by atoms with Crippen molar-refractivity contribution in [1.29, 1.82) is 0 Å². The average Bonchev–Trinajstić information content (AvgIpc) is 2.85. The largest absolute Gasteiger partial charge is 0.352 e. The molecular weight excluding hydrogens is 486 g/mol. The lowest BCUT2D eigenvalue weighted by Crippen LogP contribution is -2.54. The van der Waals surface area contributed by atoms with Crippen molar-refractivity contribution in [2.24, 2.45) is 0 Å². The number of rotatable bonds is 10. The molecule has 1 fully saturated rings. The Bertz CT molecular complexity index is 1210. The molecule has 7 nitrogen and oxygen atoms in total. The summed E-state index contributed by atoms with van der Waals surface area (Å²) in [5.41, 5.74) is 4.08. The van der Waals surface area contributed by atoms with E-state index in [2.05, 4.69) is 5.32 Å². The van der Waals surface area contributed by atoms with Crippen LogP contribution >= 0.6 is 0 Å². The molecule has 1 atom stereocenters. The fraction of sp³-hybridized carbons (Fsp3) is 0.517. The molecule has 0 unspecified atom stereocenters. The number of hydrogen-bond donors (Lipinski definition) is 1. The van der Waals surface area contributed by atoms with E-state index in [1.807, 2.05) is 64.1 Å². The number of aryl methyl sites for hydroxylation is 3. The smallest absolute Gasteiger partial charge is 0.244 e. The Hall–Kier alpha value is -2.87. The number of carbonyl (C=O) groups excluding carboxylic acids is 2. The Labute approximate surface area is 222 Å². The maximum Gasteiger partial charge on any atom is 0.244 e. The van der Waals surface area contributed by atoms with Gasteiger partial charge in [0.15, 0.2) is 0 Å². The Morgan fingerprint density at radius 1 is 1.00 bits per heavy atom.